The van der Waals surface area contributed by atoms with E-state index in [1.165, 1.54) is 17.4 Å². The minimum atomic E-state index is -3.15. The van der Waals surface area contributed by atoms with Gasteiger partial charge >= 0.3 is 0 Å². The van der Waals surface area contributed by atoms with Crippen LogP contribution in [0.25, 0.3) is 0 Å². The van der Waals surface area contributed by atoms with E-state index in [4.69, 9.17) is 0 Å². The van der Waals surface area contributed by atoms with Crippen molar-refractivity contribution in [1.82, 2.24) is 10.6 Å². The molecule has 29 heavy (non-hydrogen) atoms. The van der Waals surface area contributed by atoms with E-state index in [1.807, 2.05) is 19.1 Å². The molecule has 2 rings (SSSR count). The van der Waals surface area contributed by atoms with Crippen LogP contribution in [0, 0.1) is 0 Å². The van der Waals surface area contributed by atoms with Crippen LogP contribution in [0.3, 0.4) is 0 Å². The number of nitrogens with zero attached hydrogens (tertiary/aromatic N) is 1. The zero-order chi connectivity index (χ0) is 20.6. The van der Waals surface area contributed by atoms with E-state index in [-0.39, 0.29) is 30.0 Å². The van der Waals surface area contributed by atoms with Crippen molar-refractivity contribution in [2.45, 2.75) is 44.6 Å². The molecule has 0 heterocycles. The third-order valence-electron chi connectivity index (χ3n) is 4.61. The number of hydrogen-bond donors (Lipinski definition) is 2. The summed E-state index contributed by atoms with van der Waals surface area (Å²) in [6.07, 6.45) is 3.01. The molecule has 2 aromatic rings. The quantitative estimate of drug-likeness (QED) is 0.307. The van der Waals surface area contributed by atoms with Crippen molar-refractivity contribution in [3.05, 3.63) is 65.2 Å². The van der Waals surface area contributed by atoms with Crippen molar-refractivity contribution in [3.8, 4) is 0 Å². The summed E-state index contributed by atoms with van der Waals surface area (Å²) in [5.74, 6) is 0.780. The van der Waals surface area contributed by atoms with Crippen LogP contribution in [0.1, 0.15) is 43.5 Å². The predicted molar refractivity (Wildman–Crippen MR) is 132 cm³/mol. The number of nitrogens with one attached hydrogen (secondary N) is 2. The molecule has 7 heteroatoms. The number of halogens is 1. The molecule has 1 unspecified atom stereocenters. The highest BCUT2D eigenvalue weighted by atomic mass is 127. The topological polar surface area (TPSA) is 70.6 Å². The molecule has 0 saturated carbocycles. The Morgan fingerprint density at radius 2 is 1.59 bits per heavy atom. The van der Waals surface area contributed by atoms with Gasteiger partial charge in [0.2, 0.25) is 0 Å². The third kappa shape index (κ3) is 8.34. The SMILES string of the molecule is CCNC(=NCCc1ccc(S(C)(=O)=O)cc1)NC(C)c1ccc(CC)cc1.I. The largest absolute Gasteiger partial charge is 0.357 e. The predicted octanol–water partition coefficient (Wildman–Crippen LogP) is 4.13. The number of benzene rings is 2. The van der Waals surface area contributed by atoms with E-state index in [1.54, 1.807) is 12.1 Å². The maximum absolute atomic E-state index is 11.5. The van der Waals surface area contributed by atoms with Crippen LogP contribution in [0.15, 0.2) is 58.4 Å². The van der Waals surface area contributed by atoms with Crippen LogP contribution in [-0.4, -0.2) is 33.7 Å². The lowest BCUT2D eigenvalue weighted by molar-refractivity contribution is 0.602. The number of aliphatic imine (C=N–C) groups is 1. The van der Waals surface area contributed by atoms with Gasteiger partial charge in [0, 0.05) is 19.3 Å². The van der Waals surface area contributed by atoms with Crippen LogP contribution >= 0.6 is 24.0 Å². The maximum atomic E-state index is 11.5. The van der Waals surface area contributed by atoms with Gasteiger partial charge in [-0.1, -0.05) is 43.3 Å². The van der Waals surface area contributed by atoms with Crippen LogP contribution in [0.4, 0.5) is 0 Å². The first-order valence-electron chi connectivity index (χ1n) is 9.76. The van der Waals surface area contributed by atoms with E-state index < -0.39 is 9.84 Å². The average molecular weight is 529 g/mol. The minimum Gasteiger partial charge on any atom is -0.357 e. The molecule has 0 spiro atoms. The summed E-state index contributed by atoms with van der Waals surface area (Å²) in [6, 6.07) is 15.8. The summed E-state index contributed by atoms with van der Waals surface area (Å²) >= 11 is 0. The summed E-state index contributed by atoms with van der Waals surface area (Å²) in [6.45, 7) is 7.73. The van der Waals surface area contributed by atoms with Gasteiger partial charge in [0.15, 0.2) is 15.8 Å². The highest BCUT2D eigenvalue weighted by Gasteiger charge is 2.08. The van der Waals surface area contributed by atoms with Crippen LogP contribution in [0.2, 0.25) is 0 Å². The molecule has 0 aliphatic rings. The molecule has 1 atom stereocenters. The van der Waals surface area contributed by atoms with Crippen molar-refractivity contribution in [1.29, 1.82) is 0 Å². The van der Waals surface area contributed by atoms with Gasteiger partial charge in [-0.05, 0) is 55.5 Å². The van der Waals surface area contributed by atoms with Gasteiger partial charge in [0.25, 0.3) is 0 Å². The lowest BCUT2D eigenvalue weighted by Crippen LogP contribution is -2.38. The van der Waals surface area contributed by atoms with Crippen LogP contribution in [0.5, 0.6) is 0 Å². The normalized spacial score (nSPS) is 12.8. The second kappa shape index (κ2) is 12.2. The molecule has 0 radical (unpaired) electrons. The number of rotatable bonds is 8. The number of guanidine groups is 1. The van der Waals surface area contributed by atoms with Crippen molar-refractivity contribution in [2.75, 3.05) is 19.3 Å². The summed E-state index contributed by atoms with van der Waals surface area (Å²) in [7, 11) is -3.15. The van der Waals surface area contributed by atoms with Crippen molar-refractivity contribution < 1.29 is 8.42 Å². The molecule has 0 saturated heterocycles. The molecule has 2 aromatic carbocycles. The molecular weight excluding hydrogens is 497 g/mol. The lowest BCUT2D eigenvalue weighted by atomic mass is 10.1. The van der Waals surface area contributed by atoms with Gasteiger partial charge in [-0.15, -0.1) is 24.0 Å². The Bertz CT molecular complexity index is 879. The molecule has 160 valence electrons. The Morgan fingerprint density at radius 3 is 2.10 bits per heavy atom. The average Bonchev–Trinajstić information content (AvgIpc) is 2.68. The van der Waals surface area contributed by atoms with Gasteiger partial charge < -0.3 is 10.6 Å². The van der Waals surface area contributed by atoms with Gasteiger partial charge in [-0.25, -0.2) is 8.42 Å². The van der Waals surface area contributed by atoms with Gasteiger partial charge in [-0.2, -0.15) is 0 Å². The second-order valence-electron chi connectivity index (χ2n) is 6.89. The van der Waals surface area contributed by atoms with Crippen molar-refractivity contribution >= 4 is 39.8 Å². The fourth-order valence-electron chi connectivity index (χ4n) is 2.85. The fourth-order valence-corrected chi connectivity index (χ4v) is 3.48. The van der Waals surface area contributed by atoms with Gasteiger partial charge in [-0.3, -0.25) is 4.99 Å². The Morgan fingerprint density at radius 1 is 1.00 bits per heavy atom. The van der Waals surface area contributed by atoms with Crippen LogP contribution < -0.4 is 10.6 Å². The molecular formula is C22H32IN3O2S. The standard InChI is InChI=1S/C22H31N3O2S.HI/c1-5-18-7-11-20(12-8-18)17(3)25-22(23-6-2)24-16-15-19-9-13-21(14-10-19)28(4,26)27;/h7-14,17H,5-6,15-16H2,1-4H3,(H2,23,24,25);1H. The number of hydrogen-bond acceptors (Lipinski definition) is 3. The highest BCUT2D eigenvalue weighted by Crippen LogP contribution is 2.14. The van der Waals surface area contributed by atoms with Crippen molar-refractivity contribution in [2.24, 2.45) is 4.99 Å². The zero-order valence-electron chi connectivity index (χ0n) is 17.6. The zero-order valence-corrected chi connectivity index (χ0v) is 20.8. The van der Waals surface area contributed by atoms with Crippen molar-refractivity contribution in [3.63, 3.8) is 0 Å². The molecule has 0 bridgehead atoms. The molecule has 0 aliphatic heterocycles. The first kappa shape index (κ1) is 25.4. The van der Waals surface area contributed by atoms with E-state index in [2.05, 4.69) is 53.7 Å². The molecule has 2 N–H and O–H groups in total. The third-order valence-corrected chi connectivity index (χ3v) is 5.74. The van der Waals surface area contributed by atoms with Crippen LogP contribution in [-0.2, 0) is 22.7 Å². The number of aryl methyl sites for hydroxylation is 1. The van der Waals surface area contributed by atoms with E-state index in [9.17, 15) is 8.42 Å². The van der Waals surface area contributed by atoms with E-state index >= 15 is 0 Å². The summed E-state index contributed by atoms with van der Waals surface area (Å²) < 4.78 is 23.1. The molecule has 0 aromatic heterocycles. The summed E-state index contributed by atoms with van der Waals surface area (Å²) in [5.41, 5.74) is 3.62. The maximum Gasteiger partial charge on any atom is 0.191 e. The summed E-state index contributed by atoms with van der Waals surface area (Å²) in [4.78, 5) is 5.00. The van der Waals surface area contributed by atoms with E-state index in [0.29, 0.717) is 11.4 Å². The van der Waals surface area contributed by atoms with Gasteiger partial charge in [0.05, 0.1) is 10.9 Å². The highest BCUT2D eigenvalue weighted by molar-refractivity contribution is 14.0. The molecule has 5 nitrogen and oxygen atoms in total. The Balaban J connectivity index is 0.00000420. The Hall–Kier alpha value is -1.61. The smallest absolute Gasteiger partial charge is 0.191 e. The Kier molecular flexibility index (Phi) is 10.7. The lowest BCUT2D eigenvalue weighted by Gasteiger charge is -2.18. The van der Waals surface area contributed by atoms with E-state index in [0.717, 1.165) is 30.9 Å². The second-order valence-corrected chi connectivity index (χ2v) is 8.90. The Labute approximate surface area is 192 Å². The molecule has 0 amide bonds. The minimum absolute atomic E-state index is 0. The van der Waals surface area contributed by atoms with Gasteiger partial charge in [0.1, 0.15) is 0 Å². The fraction of sp³-hybridized carbons (Fsp3) is 0.409. The number of sulfone groups is 1. The monoisotopic (exact) mass is 529 g/mol. The summed E-state index contributed by atoms with van der Waals surface area (Å²) in [5, 5.41) is 6.73. The first-order chi connectivity index (χ1) is 13.3. The first-order valence-corrected chi connectivity index (χ1v) is 11.6. The molecule has 0 fully saturated rings. The molecule has 0 aliphatic carbocycles.